The Hall–Kier alpha value is -3.61. The van der Waals surface area contributed by atoms with E-state index in [1.54, 1.807) is 28.8 Å². The van der Waals surface area contributed by atoms with Gasteiger partial charge in [0.2, 0.25) is 5.91 Å². The van der Waals surface area contributed by atoms with Gasteiger partial charge in [0.15, 0.2) is 5.65 Å². The zero-order valence-electron chi connectivity index (χ0n) is 16.6. The number of aromatic nitrogens is 3. The van der Waals surface area contributed by atoms with Gasteiger partial charge in [-0.3, -0.25) is 4.79 Å². The van der Waals surface area contributed by atoms with E-state index in [4.69, 9.17) is 0 Å². The van der Waals surface area contributed by atoms with Crippen LogP contribution < -0.4 is 5.32 Å². The molecule has 1 N–H and O–H groups in total. The Morgan fingerprint density at radius 2 is 1.77 bits per heavy atom. The second-order valence-corrected chi connectivity index (χ2v) is 7.13. The number of hydrogen-bond donors (Lipinski definition) is 1. The lowest BCUT2D eigenvalue weighted by Crippen LogP contribution is -2.14. The number of benzene rings is 2. The molecule has 0 aliphatic rings. The van der Waals surface area contributed by atoms with Crippen LogP contribution in [0.2, 0.25) is 0 Å². The summed E-state index contributed by atoms with van der Waals surface area (Å²) >= 11 is 0. The molecule has 2 aromatic carbocycles. The smallest absolute Gasteiger partial charge is 0.224 e. The van der Waals surface area contributed by atoms with E-state index in [2.05, 4.69) is 15.4 Å². The van der Waals surface area contributed by atoms with Gasteiger partial charge in [-0.15, -0.1) is 0 Å². The molecule has 4 rings (SSSR count). The molecule has 2 aromatic heterocycles. The summed E-state index contributed by atoms with van der Waals surface area (Å²) in [7, 11) is 0. The predicted molar refractivity (Wildman–Crippen MR) is 111 cm³/mol. The van der Waals surface area contributed by atoms with Crippen LogP contribution in [-0.2, 0) is 11.2 Å². The molecular weight excluding hydrogens is 386 g/mol. The second-order valence-electron chi connectivity index (χ2n) is 7.13. The summed E-state index contributed by atoms with van der Waals surface area (Å²) in [6, 6.07) is 13.9. The van der Waals surface area contributed by atoms with Gasteiger partial charge in [-0.25, -0.2) is 18.3 Å². The van der Waals surface area contributed by atoms with Gasteiger partial charge in [0, 0.05) is 35.1 Å². The highest BCUT2D eigenvalue weighted by Gasteiger charge is 2.15. The van der Waals surface area contributed by atoms with Gasteiger partial charge < -0.3 is 5.32 Å². The lowest BCUT2D eigenvalue weighted by Gasteiger charge is -2.11. The minimum absolute atomic E-state index is 0.208. The fraction of sp³-hybridized carbons (Fsp3) is 0.174. The number of aryl methyl sites for hydroxylation is 2. The first kappa shape index (κ1) is 19.7. The maximum atomic E-state index is 13.6. The molecule has 7 heteroatoms. The summed E-state index contributed by atoms with van der Waals surface area (Å²) in [4.78, 5) is 16.9. The quantitative estimate of drug-likeness (QED) is 0.515. The van der Waals surface area contributed by atoms with E-state index >= 15 is 0 Å². The van der Waals surface area contributed by atoms with Crippen molar-refractivity contribution in [2.24, 2.45) is 0 Å². The average Bonchev–Trinajstić information content (AvgIpc) is 3.12. The Morgan fingerprint density at radius 1 is 1.03 bits per heavy atom. The van der Waals surface area contributed by atoms with Crippen molar-refractivity contribution in [2.75, 3.05) is 5.32 Å². The number of anilines is 1. The highest BCUT2D eigenvalue weighted by molar-refractivity contribution is 5.90. The first-order valence-electron chi connectivity index (χ1n) is 9.58. The fourth-order valence-electron chi connectivity index (χ4n) is 3.51. The van der Waals surface area contributed by atoms with Crippen LogP contribution in [0.1, 0.15) is 23.4 Å². The second kappa shape index (κ2) is 8.02. The Bertz CT molecular complexity index is 1250. The number of nitrogens with one attached hydrogen (secondary N) is 1. The highest BCUT2D eigenvalue weighted by Crippen LogP contribution is 2.23. The lowest BCUT2D eigenvalue weighted by molar-refractivity contribution is -0.116. The molecule has 1 amide bonds. The van der Waals surface area contributed by atoms with E-state index in [1.807, 2.05) is 19.9 Å². The van der Waals surface area contributed by atoms with E-state index in [9.17, 15) is 13.6 Å². The first-order valence-corrected chi connectivity index (χ1v) is 9.58. The van der Waals surface area contributed by atoms with Gasteiger partial charge in [0.05, 0.1) is 5.69 Å². The minimum Gasteiger partial charge on any atom is -0.326 e. The minimum atomic E-state index is -0.401. The van der Waals surface area contributed by atoms with Gasteiger partial charge in [0.1, 0.15) is 11.6 Å². The highest BCUT2D eigenvalue weighted by atomic mass is 19.1. The van der Waals surface area contributed by atoms with Crippen LogP contribution in [0.3, 0.4) is 0 Å². The SMILES string of the molecule is Cc1nc2cc(-c3cccc(F)c3)nn2c(C)c1CCC(=O)Nc1cccc(F)c1. The topological polar surface area (TPSA) is 59.3 Å². The van der Waals surface area contributed by atoms with Crippen molar-refractivity contribution in [3.63, 3.8) is 0 Å². The van der Waals surface area contributed by atoms with E-state index in [0.717, 1.165) is 17.0 Å². The Balaban J connectivity index is 1.56. The Labute approximate surface area is 172 Å². The third-order valence-corrected chi connectivity index (χ3v) is 4.99. The summed E-state index contributed by atoms with van der Waals surface area (Å²) < 4.78 is 28.6. The number of carbonyl (C=O) groups excluding carboxylic acids is 1. The van der Waals surface area contributed by atoms with Gasteiger partial charge in [0.25, 0.3) is 0 Å². The molecule has 0 unspecified atom stereocenters. The van der Waals surface area contributed by atoms with Crippen LogP contribution in [0, 0.1) is 25.5 Å². The molecule has 30 heavy (non-hydrogen) atoms. The van der Waals surface area contributed by atoms with Crippen LogP contribution in [0.5, 0.6) is 0 Å². The molecule has 0 fully saturated rings. The van der Waals surface area contributed by atoms with Crippen molar-refractivity contribution in [2.45, 2.75) is 26.7 Å². The zero-order chi connectivity index (χ0) is 21.3. The average molecular weight is 406 g/mol. The largest absolute Gasteiger partial charge is 0.326 e. The number of fused-ring (bicyclic) bond motifs is 1. The van der Waals surface area contributed by atoms with Gasteiger partial charge in [-0.1, -0.05) is 18.2 Å². The summed E-state index contributed by atoms with van der Waals surface area (Å²) in [5, 5.41) is 7.28. The molecule has 0 atom stereocenters. The molecule has 0 spiro atoms. The van der Waals surface area contributed by atoms with Crippen LogP contribution in [0.15, 0.2) is 54.6 Å². The van der Waals surface area contributed by atoms with Crippen molar-refractivity contribution in [1.82, 2.24) is 14.6 Å². The summed E-state index contributed by atoms with van der Waals surface area (Å²) in [6.07, 6.45) is 0.695. The first-order chi connectivity index (χ1) is 14.4. The molecule has 0 saturated heterocycles. The van der Waals surface area contributed by atoms with Crippen molar-refractivity contribution < 1.29 is 13.6 Å². The van der Waals surface area contributed by atoms with E-state index in [-0.39, 0.29) is 18.1 Å². The molecule has 0 aliphatic heterocycles. The zero-order valence-corrected chi connectivity index (χ0v) is 16.6. The summed E-state index contributed by atoms with van der Waals surface area (Å²) in [5.41, 5.74) is 5.00. The maximum Gasteiger partial charge on any atom is 0.224 e. The Morgan fingerprint density at radius 3 is 2.50 bits per heavy atom. The molecule has 0 saturated carbocycles. The third-order valence-electron chi connectivity index (χ3n) is 4.99. The van der Waals surface area contributed by atoms with E-state index < -0.39 is 5.82 Å². The van der Waals surface area contributed by atoms with E-state index in [0.29, 0.717) is 29.0 Å². The third kappa shape index (κ3) is 4.05. The molecule has 2 heterocycles. The Kier molecular flexibility index (Phi) is 5.27. The van der Waals surface area contributed by atoms with Crippen LogP contribution in [0.4, 0.5) is 14.5 Å². The molecule has 5 nitrogen and oxygen atoms in total. The molecular formula is C23H20F2N4O. The monoisotopic (exact) mass is 406 g/mol. The van der Waals surface area contributed by atoms with Crippen molar-refractivity contribution >= 4 is 17.2 Å². The van der Waals surface area contributed by atoms with Crippen LogP contribution >= 0.6 is 0 Å². The van der Waals surface area contributed by atoms with Crippen LogP contribution in [-0.4, -0.2) is 20.5 Å². The molecule has 152 valence electrons. The number of nitrogens with zero attached hydrogens (tertiary/aromatic N) is 3. The van der Waals surface area contributed by atoms with Gasteiger partial charge >= 0.3 is 0 Å². The van der Waals surface area contributed by atoms with Gasteiger partial charge in [-0.05, 0) is 56.2 Å². The molecule has 0 bridgehead atoms. The number of amides is 1. The fourth-order valence-corrected chi connectivity index (χ4v) is 3.51. The van der Waals surface area contributed by atoms with Crippen molar-refractivity contribution in [1.29, 1.82) is 0 Å². The predicted octanol–water partition coefficient (Wildman–Crippen LogP) is 4.86. The maximum absolute atomic E-state index is 13.6. The van der Waals surface area contributed by atoms with Crippen molar-refractivity contribution in [3.8, 4) is 11.3 Å². The number of carbonyl (C=O) groups is 1. The van der Waals surface area contributed by atoms with E-state index in [1.165, 1.54) is 24.3 Å². The van der Waals surface area contributed by atoms with Crippen molar-refractivity contribution in [3.05, 3.63) is 83.2 Å². The van der Waals surface area contributed by atoms with Gasteiger partial charge in [-0.2, -0.15) is 5.10 Å². The normalized spacial score (nSPS) is 11.1. The molecule has 0 radical (unpaired) electrons. The standard InChI is InChI=1S/C23H20F2N4O/c1-14-20(9-10-23(30)27-19-8-4-7-18(25)12-19)15(2)29-22(26-14)13-21(28-29)16-5-3-6-17(24)11-16/h3-8,11-13H,9-10H2,1-2H3,(H,27,30). The summed E-state index contributed by atoms with van der Waals surface area (Å²) in [5.74, 6) is -0.933. The number of hydrogen-bond acceptors (Lipinski definition) is 3. The summed E-state index contributed by atoms with van der Waals surface area (Å²) in [6.45, 7) is 3.81. The number of rotatable bonds is 5. The number of halogens is 2. The van der Waals surface area contributed by atoms with Crippen LogP contribution in [0.25, 0.3) is 16.9 Å². The lowest BCUT2D eigenvalue weighted by atomic mass is 10.1. The molecule has 4 aromatic rings. The molecule has 0 aliphatic carbocycles.